The molecule has 3 N–H and O–H groups in total. The van der Waals surface area contributed by atoms with Gasteiger partial charge < -0.3 is 20.5 Å². The summed E-state index contributed by atoms with van der Waals surface area (Å²) in [4.78, 5) is 26.4. The van der Waals surface area contributed by atoms with Gasteiger partial charge in [-0.15, -0.1) is 11.3 Å². The topological polar surface area (TPSA) is 87.7 Å². The van der Waals surface area contributed by atoms with Crippen LogP contribution in [0.3, 0.4) is 0 Å². The van der Waals surface area contributed by atoms with Crippen molar-refractivity contribution < 1.29 is 23.8 Å². The molecule has 0 aliphatic heterocycles. The van der Waals surface area contributed by atoms with Crippen LogP contribution in [0.15, 0.2) is 115 Å². The molecule has 0 bridgehead atoms. The fraction of sp³-hybridized carbons (Fsp3) is 0.143. The number of aliphatic carboxylic acids is 1. The fourth-order valence-electron chi connectivity index (χ4n) is 4.70. The molecule has 0 aliphatic rings. The summed E-state index contributed by atoms with van der Waals surface area (Å²) in [7, 11) is 0. The molecule has 5 rings (SSSR count). The van der Waals surface area contributed by atoms with E-state index in [1.165, 1.54) is 17.0 Å². The summed E-state index contributed by atoms with van der Waals surface area (Å²) in [6.07, 6.45) is 0.224. The number of anilines is 1. The predicted octanol–water partition coefficient (Wildman–Crippen LogP) is 7.06. The van der Waals surface area contributed by atoms with E-state index in [0.29, 0.717) is 42.3 Å². The summed E-state index contributed by atoms with van der Waals surface area (Å²) < 4.78 is 19.1. The number of carbonyl (C=O) groups excluding carboxylic acids is 1. The number of ketones is 1. The molecule has 1 heterocycles. The van der Waals surface area contributed by atoms with Crippen LogP contribution in [0.25, 0.3) is 11.1 Å². The number of para-hydroxylation sites is 1. The van der Waals surface area contributed by atoms with E-state index in [4.69, 9.17) is 4.74 Å². The van der Waals surface area contributed by atoms with Crippen molar-refractivity contribution in [2.75, 3.05) is 18.5 Å². The molecule has 6 nitrogen and oxygen atoms in total. The lowest BCUT2D eigenvalue weighted by atomic mass is 10.00. The second-order valence-corrected chi connectivity index (χ2v) is 10.9. The highest BCUT2D eigenvalue weighted by Crippen LogP contribution is 2.28. The minimum Gasteiger partial charge on any atom is -0.492 e. The minimum atomic E-state index is -1.01. The van der Waals surface area contributed by atoms with Gasteiger partial charge in [-0.25, -0.2) is 9.18 Å². The lowest BCUT2D eigenvalue weighted by molar-refractivity contribution is -0.137. The average molecular weight is 595 g/mol. The number of nitrogens with one attached hydrogen (secondary N) is 2. The van der Waals surface area contributed by atoms with Gasteiger partial charge in [0.1, 0.15) is 24.2 Å². The largest absolute Gasteiger partial charge is 0.492 e. The van der Waals surface area contributed by atoms with Gasteiger partial charge in [0.05, 0.1) is 0 Å². The molecule has 0 aliphatic carbocycles. The van der Waals surface area contributed by atoms with E-state index >= 15 is 0 Å². The van der Waals surface area contributed by atoms with Gasteiger partial charge >= 0.3 is 5.97 Å². The first-order valence-electron chi connectivity index (χ1n) is 13.9. The first-order chi connectivity index (χ1) is 21.0. The molecule has 0 radical (unpaired) electrons. The van der Waals surface area contributed by atoms with Crippen molar-refractivity contribution in [2.24, 2.45) is 0 Å². The molecule has 8 heteroatoms. The van der Waals surface area contributed by atoms with E-state index < -0.39 is 12.0 Å². The normalized spacial score (nSPS) is 11.6. The number of halogens is 1. The van der Waals surface area contributed by atoms with E-state index in [-0.39, 0.29) is 18.0 Å². The van der Waals surface area contributed by atoms with Crippen molar-refractivity contribution in [2.45, 2.75) is 19.0 Å². The Hall–Kier alpha value is -4.79. The van der Waals surface area contributed by atoms with Crippen LogP contribution in [0.2, 0.25) is 0 Å². The minimum absolute atomic E-state index is 0.174. The second kappa shape index (κ2) is 14.4. The van der Waals surface area contributed by atoms with E-state index in [1.807, 2.05) is 41.8 Å². The monoisotopic (exact) mass is 594 g/mol. The molecule has 218 valence electrons. The van der Waals surface area contributed by atoms with Crippen molar-refractivity contribution in [3.8, 4) is 16.9 Å². The van der Waals surface area contributed by atoms with Crippen LogP contribution in [-0.4, -0.2) is 36.1 Å². The maximum Gasteiger partial charge on any atom is 0.326 e. The number of carbonyl (C=O) groups is 2. The standard InChI is InChI=1S/C35H31FN2O4S/c36-27-14-12-25(13-15-27)29-18-21-43-33(29)23-37-19-20-42-28-16-10-24(11-17-28)22-32(35(40)41)38-31-9-5-4-8-30(31)34(39)26-6-2-1-3-7-26/h1-18,21,32,37-38H,19-20,22-23H2,(H,40,41). The Morgan fingerprint density at radius 2 is 1.58 bits per heavy atom. The Balaban J connectivity index is 1.12. The fourth-order valence-corrected chi connectivity index (χ4v) is 5.57. The Morgan fingerprint density at radius 1 is 0.860 bits per heavy atom. The summed E-state index contributed by atoms with van der Waals surface area (Å²) in [5, 5.41) is 18.4. The molecular formula is C35H31FN2O4S. The quantitative estimate of drug-likeness (QED) is 0.0943. The molecule has 1 atom stereocenters. The smallest absolute Gasteiger partial charge is 0.326 e. The zero-order chi connectivity index (χ0) is 30.0. The van der Waals surface area contributed by atoms with Gasteiger partial charge in [-0.3, -0.25) is 4.79 Å². The Kier molecular flexibility index (Phi) is 9.94. The van der Waals surface area contributed by atoms with Crippen molar-refractivity contribution >= 4 is 28.8 Å². The molecule has 0 fully saturated rings. The van der Waals surface area contributed by atoms with Gasteiger partial charge in [-0.1, -0.05) is 66.7 Å². The highest BCUT2D eigenvalue weighted by atomic mass is 32.1. The number of hydrogen-bond donors (Lipinski definition) is 3. The third-order valence-corrected chi connectivity index (χ3v) is 7.85. The zero-order valence-corrected chi connectivity index (χ0v) is 24.2. The van der Waals surface area contributed by atoms with Gasteiger partial charge in [0.15, 0.2) is 5.78 Å². The summed E-state index contributed by atoms with van der Waals surface area (Å²) in [5.41, 5.74) is 4.33. The number of carboxylic acids is 1. The molecule has 43 heavy (non-hydrogen) atoms. The zero-order valence-electron chi connectivity index (χ0n) is 23.3. The summed E-state index contributed by atoms with van der Waals surface area (Å²) >= 11 is 1.65. The van der Waals surface area contributed by atoms with Crippen LogP contribution in [0, 0.1) is 5.82 Å². The molecule has 4 aromatic carbocycles. The third kappa shape index (κ3) is 7.94. The van der Waals surface area contributed by atoms with E-state index in [9.17, 15) is 19.1 Å². The van der Waals surface area contributed by atoms with E-state index in [2.05, 4.69) is 10.6 Å². The van der Waals surface area contributed by atoms with Crippen LogP contribution in [0.1, 0.15) is 26.4 Å². The summed E-state index contributed by atoms with van der Waals surface area (Å²) in [6.45, 7) is 1.77. The summed E-state index contributed by atoms with van der Waals surface area (Å²) in [6, 6.07) is 30.8. The molecule has 0 saturated carbocycles. The Bertz CT molecular complexity index is 1650. The SMILES string of the molecule is O=C(c1ccccc1)c1ccccc1NC(Cc1ccc(OCCNCc2sccc2-c2ccc(F)cc2)cc1)C(=O)O. The number of thiophene rings is 1. The first-order valence-corrected chi connectivity index (χ1v) is 14.8. The first kappa shape index (κ1) is 29.7. The van der Waals surface area contributed by atoms with Crippen molar-refractivity contribution in [1.82, 2.24) is 5.32 Å². The third-order valence-electron chi connectivity index (χ3n) is 6.93. The van der Waals surface area contributed by atoms with Crippen molar-refractivity contribution in [3.05, 3.63) is 142 Å². The number of hydrogen-bond acceptors (Lipinski definition) is 6. The number of ether oxygens (including phenoxy) is 1. The van der Waals surface area contributed by atoms with Crippen molar-refractivity contribution in [3.63, 3.8) is 0 Å². The Morgan fingerprint density at radius 3 is 2.33 bits per heavy atom. The van der Waals surface area contributed by atoms with Gasteiger partial charge in [0.2, 0.25) is 0 Å². The van der Waals surface area contributed by atoms with Crippen LogP contribution >= 0.6 is 11.3 Å². The van der Waals surface area contributed by atoms with Gasteiger partial charge in [0.25, 0.3) is 0 Å². The van der Waals surface area contributed by atoms with E-state index in [0.717, 1.165) is 16.7 Å². The lowest BCUT2D eigenvalue weighted by Gasteiger charge is -2.18. The average Bonchev–Trinajstić information content (AvgIpc) is 3.50. The maximum absolute atomic E-state index is 13.3. The number of rotatable bonds is 14. The Labute approximate surface area is 253 Å². The molecule has 5 aromatic rings. The molecule has 0 amide bonds. The number of carboxylic acid groups (broad SMARTS) is 1. The highest BCUT2D eigenvalue weighted by Gasteiger charge is 2.21. The molecule has 0 spiro atoms. The van der Waals surface area contributed by atoms with Crippen LogP contribution < -0.4 is 15.4 Å². The summed E-state index contributed by atoms with van der Waals surface area (Å²) in [5.74, 6) is -0.748. The van der Waals surface area contributed by atoms with Gasteiger partial charge in [-0.05, 0) is 64.5 Å². The van der Waals surface area contributed by atoms with Gasteiger partial charge in [-0.2, -0.15) is 0 Å². The van der Waals surface area contributed by atoms with E-state index in [1.54, 1.807) is 72.0 Å². The number of benzene rings is 4. The van der Waals surface area contributed by atoms with Crippen molar-refractivity contribution in [1.29, 1.82) is 0 Å². The van der Waals surface area contributed by atoms with Gasteiger partial charge in [0, 0.05) is 41.2 Å². The van der Waals surface area contributed by atoms with Crippen LogP contribution in [-0.2, 0) is 17.8 Å². The molecular weight excluding hydrogens is 563 g/mol. The highest BCUT2D eigenvalue weighted by molar-refractivity contribution is 7.10. The lowest BCUT2D eigenvalue weighted by Crippen LogP contribution is -2.32. The van der Waals surface area contributed by atoms with Crippen LogP contribution in [0.5, 0.6) is 5.75 Å². The van der Waals surface area contributed by atoms with Crippen LogP contribution in [0.4, 0.5) is 10.1 Å². The molecule has 0 saturated heterocycles. The molecule has 1 unspecified atom stereocenters. The molecule has 1 aromatic heterocycles. The maximum atomic E-state index is 13.3. The predicted molar refractivity (Wildman–Crippen MR) is 168 cm³/mol. The second-order valence-electron chi connectivity index (χ2n) is 9.91.